The molecule has 0 N–H and O–H groups in total. The summed E-state index contributed by atoms with van der Waals surface area (Å²) in [5, 5.41) is 0. The molecule has 0 saturated heterocycles. The molecule has 0 saturated carbocycles. The highest BCUT2D eigenvalue weighted by Gasteiger charge is 2.44. The van der Waals surface area contributed by atoms with Crippen LogP contribution in [-0.4, -0.2) is 6.54 Å². The molecule has 1 unspecified atom stereocenters. The third kappa shape index (κ3) is 7.22. The molecule has 0 amide bonds. The molecule has 0 radical (unpaired) electrons. The molecule has 0 fully saturated rings. The van der Waals surface area contributed by atoms with Crippen molar-refractivity contribution in [2.45, 2.75) is 59.8 Å². The molecule has 266 valence electrons. The standard InChI is InChI=1S/C52H53N/c1-8-10-13-27-41(6)52(48-35-18-16-24-38(48)3,50-39(4)25-21-33-46(50)43-28-14-12-15-29-43)51-40(5)26-22-34-47(51)45-32-23-31-44-30-17-19-36-49(44)53(42(45)7)37-20-11-9-2/h9-19,21-36H,7-8,20,37H2,1-6H3/b11-9-,13-10-,31-23-,41-27+,45-32+. The Kier molecular flexibility index (Phi) is 11.8. The van der Waals surface area contributed by atoms with Gasteiger partial charge in [-0.25, -0.2) is 0 Å². The number of para-hydroxylation sites is 1. The van der Waals surface area contributed by atoms with E-state index in [0.717, 1.165) is 30.7 Å². The molecule has 1 nitrogen and oxygen atoms in total. The smallest absolute Gasteiger partial charge is 0.0681 e. The monoisotopic (exact) mass is 691 g/mol. The van der Waals surface area contributed by atoms with Crippen molar-refractivity contribution >= 4 is 17.3 Å². The van der Waals surface area contributed by atoms with Crippen molar-refractivity contribution < 1.29 is 0 Å². The zero-order chi connectivity index (χ0) is 37.4. The normalized spacial score (nSPS) is 16.2. The van der Waals surface area contributed by atoms with E-state index in [0.29, 0.717) is 0 Å². The number of benzene rings is 5. The zero-order valence-electron chi connectivity index (χ0n) is 32.4. The molecule has 0 bridgehead atoms. The Hall–Kier alpha value is -5.66. The van der Waals surface area contributed by atoms with Crippen LogP contribution in [0, 0.1) is 20.8 Å². The number of anilines is 1. The number of hydrogen-bond donors (Lipinski definition) is 0. The molecule has 1 aliphatic rings. The number of nitrogens with zero attached hydrogens (tertiary/aromatic N) is 1. The van der Waals surface area contributed by atoms with Gasteiger partial charge in [-0.05, 0) is 109 Å². The van der Waals surface area contributed by atoms with E-state index in [1.165, 1.54) is 66.9 Å². The van der Waals surface area contributed by atoms with Gasteiger partial charge in [-0.2, -0.15) is 0 Å². The largest absolute Gasteiger partial charge is 0.341 e. The molecule has 6 rings (SSSR count). The molecular weight excluding hydrogens is 639 g/mol. The number of fused-ring (bicyclic) bond motifs is 1. The molecule has 0 spiro atoms. The van der Waals surface area contributed by atoms with E-state index >= 15 is 0 Å². The highest BCUT2D eigenvalue weighted by molar-refractivity contribution is 5.91. The maximum atomic E-state index is 4.91. The van der Waals surface area contributed by atoms with Crippen LogP contribution in [0.25, 0.3) is 22.8 Å². The van der Waals surface area contributed by atoms with E-state index in [1.807, 2.05) is 0 Å². The molecule has 0 aliphatic carbocycles. The first-order chi connectivity index (χ1) is 25.8. The third-order valence-corrected chi connectivity index (χ3v) is 10.7. The first kappa shape index (κ1) is 37.1. The van der Waals surface area contributed by atoms with Crippen LogP contribution in [0.4, 0.5) is 5.69 Å². The summed E-state index contributed by atoms with van der Waals surface area (Å²) in [5.74, 6) is 0. The van der Waals surface area contributed by atoms with Crippen LogP contribution in [0.3, 0.4) is 0 Å². The van der Waals surface area contributed by atoms with Crippen molar-refractivity contribution in [3.63, 3.8) is 0 Å². The fourth-order valence-corrected chi connectivity index (χ4v) is 8.26. The van der Waals surface area contributed by atoms with Crippen LogP contribution < -0.4 is 4.90 Å². The van der Waals surface area contributed by atoms with Gasteiger partial charge in [-0.3, -0.25) is 0 Å². The van der Waals surface area contributed by atoms with Gasteiger partial charge in [0.2, 0.25) is 0 Å². The maximum absolute atomic E-state index is 4.91. The van der Waals surface area contributed by atoms with E-state index in [-0.39, 0.29) is 0 Å². The molecule has 53 heavy (non-hydrogen) atoms. The summed E-state index contributed by atoms with van der Waals surface area (Å²) >= 11 is 0. The Morgan fingerprint density at radius 1 is 0.717 bits per heavy atom. The maximum Gasteiger partial charge on any atom is 0.0681 e. The first-order valence-electron chi connectivity index (χ1n) is 19.1. The fraction of sp³-hybridized carbons (Fsp3) is 0.192. The summed E-state index contributed by atoms with van der Waals surface area (Å²) < 4.78 is 0. The van der Waals surface area contributed by atoms with Gasteiger partial charge in [0.1, 0.15) is 0 Å². The number of hydrogen-bond acceptors (Lipinski definition) is 1. The van der Waals surface area contributed by atoms with Crippen LogP contribution in [-0.2, 0) is 5.41 Å². The van der Waals surface area contributed by atoms with E-state index in [1.54, 1.807) is 0 Å². The van der Waals surface area contributed by atoms with Gasteiger partial charge in [-0.1, -0.05) is 177 Å². The topological polar surface area (TPSA) is 3.24 Å². The SMILES string of the molecule is C=C1/C(c2cccc(C)c2C(/C(C)=C/C=C\CC)(c2ccccc2C)c2c(C)cccc2-c2ccccc2)=C\C=C/c2ccccc2N1CC/C=C\C. The molecule has 1 heterocycles. The van der Waals surface area contributed by atoms with Gasteiger partial charge in [0, 0.05) is 23.5 Å². The minimum atomic E-state index is -0.665. The van der Waals surface area contributed by atoms with Crippen LogP contribution in [0.2, 0.25) is 0 Å². The predicted octanol–water partition coefficient (Wildman–Crippen LogP) is 13.9. The number of allylic oxidation sites excluding steroid dienone is 8. The van der Waals surface area contributed by atoms with Crippen molar-refractivity contribution in [2.75, 3.05) is 11.4 Å². The lowest BCUT2D eigenvalue weighted by atomic mass is 9.59. The van der Waals surface area contributed by atoms with Crippen LogP contribution >= 0.6 is 0 Å². The van der Waals surface area contributed by atoms with Gasteiger partial charge in [-0.15, -0.1) is 0 Å². The van der Waals surface area contributed by atoms with Crippen molar-refractivity contribution in [2.24, 2.45) is 0 Å². The predicted molar refractivity (Wildman–Crippen MR) is 231 cm³/mol. The number of rotatable bonds is 11. The highest BCUT2D eigenvalue weighted by atomic mass is 15.1. The second kappa shape index (κ2) is 16.8. The van der Waals surface area contributed by atoms with Gasteiger partial charge < -0.3 is 4.90 Å². The summed E-state index contributed by atoms with van der Waals surface area (Å²) in [7, 11) is 0. The van der Waals surface area contributed by atoms with E-state index in [9.17, 15) is 0 Å². The average molecular weight is 692 g/mol. The second-order valence-corrected chi connectivity index (χ2v) is 14.1. The summed E-state index contributed by atoms with van der Waals surface area (Å²) in [5.41, 5.74) is 16.3. The van der Waals surface area contributed by atoms with Gasteiger partial charge in [0.05, 0.1) is 5.41 Å². The summed E-state index contributed by atoms with van der Waals surface area (Å²) in [6, 6.07) is 42.2. The lowest BCUT2D eigenvalue weighted by Crippen LogP contribution is -2.36. The van der Waals surface area contributed by atoms with E-state index in [2.05, 4.69) is 210 Å². The van der Waals surface area contributed by atoms with Crippen LogP contribution in [0.1, 0.15) is 78.1 Å². The van der Waals surface area contributed by atoms with Crippen LogP contribution in [0.15, 0.2) is 176 Å². The Labute approximate surface area is 318 Å². The minimum Gasteiger partial charge on any atom is -0.341 e. The van der Waals surface area contributed by atoms with Crippen LogP contribution in [0.5, 0.6) is 0 Å². The molecule has 1 heteroatoms. The first-order valence-corrected chi connectivity index (χ1v) is 19.1. The Balaban J connectivity index is 1.78. The Morgan fingerprint density at radius 3 is 2.08 bits per heavy atom. The molecule has 1 aliphatic heterocycles. The summed E-state index contributed by atoms with van der Waals surface area (Å²) in [6.45, 7) is 19.2. The second-order valence-electron chi connectivity index (χ2n) is 14.1. The summed E-state index contributed by atoms with van der Waals surface area (Å²) in [6.07, 6.45) is 19.9. The van der Waals surface area contributed by atoms with Gasteiger partial charge >= 0.3 is 0 Å². The van der Waals surface area contributed by atoms with E-state index in [4.69, 9.17) is 6.58 Å². The molecule has 1 atom stereocenters. The lowest BCUT2D eigenvalue weighted by Gasteiger charge is -2.43. The van der Waals surface area contributed by atoms with Crippen molar-refractivity contribution in [3.05, 3.63) is 220 Å². The third-order valence-electron chi connectivity index (χ3n) is 10.7. The lowest BCUT2D eigenvalue weighted by molar-refractivity contribution is 0.706. The quantitative estimate of drug-likeness (QED) is 0.0757. The van der Waals surface area contributed by atoms with E-state index < -0.39 is 5.41 Å². The Bertz CT molecular complexity index is 2240. The minimum absolute atomic E-state index is 0.665. The molecule has 5 aromatic rings. The summed E-state index contributed by atoms with van der Waals surface area (Å²) in [4.78, 5) is 2.42. The van der Waals surface area contributed by atoms with Crippen molar-refractivity contribution in [1.82, 2.24) is 0 Å². The molecule has 0 aromatic heterocycles. The van der Waals surface area contributed by atoms with Crippen molar-refractivity contribution in [3.8, 4) is 11.1 Å². The fourth-order valence-electron chi connectivity index (χ4n) is 8.26. The Morgan fingerprint density at radius 2 is 1.36 bits per heavy atom. The van der Waals surface area contributed by atoms with Crippen molar-refractivity contribution in [1.29, 1.82) is 0 Å². The van der Waals surface area contributed by atoms with Gasteiger partial charge in [0.15, 0.2) is 0 Å². The highest BCUT2D eigenvalue weighted by Crippen LogP contribution is 2.54. The zero-order valence-corrected chi connectivity index (χ0v) is 32.4. The number of aryl methyl sites for hydroxylation is 3. The average Bonchev–Trinajstić information content (AvgIpc) is 3.17. The molecule has 5 aromatic carbocycles. The molecular formula is C52H53N. The van der Waals surface area contributed by atoms with Gasteiger partial charge in [0.25, 0.3) is 0 Å².